The van der Waals surface area contributed by atoms with Gasteiger partial charge in [0.25, 0.3) is 5.91 Å². The molecule has 0 fully saturated rings. The van der Waals surface area contributed by atoms with E-state index >= 15 is 0 Å². The molecular weight excluding hydrogens is 278 g/mol. The van der Waals surface area contributed by atoms with Gasteiger partial charge in [0, 0.05) is 0 Å². The molecule has 0 aliphatic carbocycles. The number of nitrogens with one attached hydrogen (secondary N) is 1. The van der Waals surface area contributed by atoms with Crippen LogP contribution in [0.2, 0.25) is 0 Å². The van der Waals surface area contributed by atoms with E-state index in [4.69, 9.17) is 11.6 Å². The molecule has 8 nitrogen and oxygen atoms in total. The number of hydrogen-bond donors (Lipinski definition) is 3. The number of fused-ring (bicyclic) bond motifs is 1. The van der Waals surface area contributed by atoms with Crippen molar-refractivity contribution in [3.63, 3.8) is 0 Å². The van der Waals surface area contributed by atoms with Gasteiger partial charge in [-0.05, 0) is 17.0 Å². The summed E-state index contributed by atoms with van der Waals surface area (Å²) < 4.78 is 1.81. The van der Waals surface area contributed by atoms with Gasteiger partial charge in [-0.25, -0.2) is 20.8 Å². The zero-order valence-electron chi connectivity index (χ0n) is 10.3. The average Bonchev–Trinajstić information content (AvgIpc) is 3.07. The zero-order chi connectivity index (χ0) is 14.1. The van der Waals surface area contributed by atoms with E-state index in [1.54, 1.807) is 6.33 Å². The van der Waals surface area contributed by atoms with Gasteiger partial charge in [-0.2, -0.15) is 0 Å². The van der Waals surface area contributed by atoms with Crippen molar-refractivity contribution in [2.24, 2.45) is 5.84 Å². The van der Waals surface area contributed by atoms with Crippen LogP contribution in [0.25, 0.3) is 11.2 Å². The molecule has 0 aliphatic rings. The van der Waals surface area contributed by atoms with Crippen LogP contribution in [0.3, 0.4) is 0 Å². The summed E-state index contributed by atoms with van der Waals surface area (Å²) in [7, 11) is 0. The lowest BCUT2D eigenvalue weighted by Gasteiger charge is -2.04. The lowest BCUT2D eigenvalue weighted by molar-refractivity contribution is 0.0957. The predicted octanol–water partition coefficient (Wildman–Crippen LogP) is 0.122. The van der Waals surface area contributed by atoms with Gasteiger partial charge in [-0.15, -0.1) is 11.3 Å². The highest BCUT2D eigenvalue weighted by atomic mass is 32.1. The Hall–Kier alpha value is -2.52. The van der Waals surface area contributed by atoms with Crippen LogP contribution in [-0.2, 0) is 6.54 Å². The Morgan fingerprint density at radius 3 is 3.05 bits per heavy atom. The van der Waals surface area contributed by atoms with Crippen molar-refractivity contribution in [1.82, 2.24) is 24.9 Å². The predicted molar refractivity (Wildman–Crippen MR) is 74.8 cm³/mol. The molecule has 3 rings (SSSR count). The highest BCUT2D eigenvalue weighted by Gasteiger charge is 2.14. The number of nitrogens with zero attached hydrogens (tertiary/aromatic N) is 4. The van der Waals surface area contributed by atoms with Crippen molar-refractivity contribution in [2.75, 3.05) is 5.73 Å². The maximum absolute atomic E-state index is 11.6. The lowest BCUT2D eigenvalue weighted by atomic mass is 10.2. The fourth-order valence-corrected chi connectivity index (χ4v) is 2.74. The maximum Gasteiger partial charge on any atom is 0.275 e. The number of amides is 1. The summed E-state index contributed by atoms with van der Waals surface area (Å²) in [5, 5.41) is 1.84. The number of hydrogen-bond acceptors (Lipinski definition) is 7. The molecule has 5 N–H and O–H groups in total. The molecule has 20 heavy (non-hydrogen) atoms. The molecule has 3 heterocycles. The Bertz CT molecular complexity index is 778. The number of anilines is 1. The monoisotopic (exact) mass is 289 g/mol. The van der Waals surface area contributed by atoms with Crippen LogP contribution in [0.5, 0.6) is 0 Å². The van der Waals surface area contributed by atoms with Gasteiger partial charge in [-0.1, -0.05) is 0 Å². The Kier molecular flexibility index (Phi) is 3.05. The first-order valence-corrected chi connectivity index (χ1v) is 6.57. The van der Waals surface area contributed by atoms with E-state index in [9.17, 15) is 4.79 Å². The number of thiophene rings is 1. The molecule has 0 saturated carbocycles. The van der Waals surface area contributed by atoms with Crippen LogP contribution in [0.1, 0.15) is 15.2 Å². The number of carbonyl (C=O) groups is 1. The zero-order valence-corrected chi connectivity index (χ0v) is 11.1. The lowest BCUT2D eigenvalue weighted by Crippen LogP contribution is -2.30. The van der Waals surface area contributed by atoms with E-state index in [1.807, 2.05) is 16.0 Å². The number of nitrogens with two attached hydrogens (primary N) is 2. The largest absolute Gasteiger partial charge is 0.382 e. The van der Waals surface area contributed by atoms with E-state index in [0.29, 0.717) is 28.4 Å². The van der Waals surface area contributed by atoms with Crippen molar-refractivity contribution < 1.29 is 4.79 Å². The summed E-state index contributed by atoms with van der Waals surface area (Å²) in [6.07, 6.45) is 3.01. The third kappa shape index (κ3) is 1.98. The highest BCUT2D eigenvalue weighted by molar-refractivity contribution is 7.12. The van der Waals surface area contributed by atoms with E-state index in [-0.39, 0.29) is 5.91 Å². The number of hydrazine groups is 1. The summed E-state index contributed by atoms with van der Waals surface area (Å²) in [4.78, 5) is 24.4. The summed E-state index contributed by atoms with van der Waals surface area (Å²) in [6, 6.07) is 1.87. The molecule has 0 atom stereocenters. The molecule has 102 valence electrons. The van der Waals surface area contributed by atoms with Gasteiger partial charge in [0.15, 0.2) is 11.5 Å². The van der Waals surface area contributed by atoms with Crippen LogP contribution in [0.4, 0.5) is 5.82 Å². The minimum Gasteiger partial charge on any atom is -0.382 e. The Morgan fingerprint density at radius 2 is 2.25 bits per heavy atom. The van der Waals surface area contributed by atoms with Crippen molar-refractivity contribution in [1.29, 1.82) is 0 Å². The topological polar surface area (TPSA) is 125 Å². The number of rotatable bonds is 3. The van der Waals surface area contributed by atoms with Gasteiger partial charge in [0.1, 0.15) is 11.8 Å². The van der Waals surface area contributed by atoms with Gasteiger partial charge in [0.05, 0.1) is 17.7 Å². The van der Waals surface area contributed by atoms with Gasteiger partial charge in [-0.3, -0.25) is 10.2 Å². The molecule has 0 aromatic carbocycles. The molecule has 0 unspecified atom stereocenters. The molecule has 0 bridgehead atoms. The van der Waals surface area contributed by atoms with Crippen LogP contribution in [0.15, 0.2) is 24.1 Å². The van der Waals surface area contributed by atoms with Gasteiger partial charge >= 0.3 is 0 Å². The van der Waals surface area contributed by atoms with Gasteiger partial charge < -0.3 is 10.3 Å². The first-order chi connectivity index (χ1) is 9.70. The molecule has 3 aromatic heterocycles. The molecule has 0 saturated heterocycles. The summed E-state index contributed by atoms with van der Waals surface area (Å²) in [6.45, 7) is 0.458. The minimum atomic E-state index is -0.312. The van der Waals surface area contributed by atoms with E-state index in [1.165, 1.54) is 17.7 Å². The second kappa shape index (κ2) is 4.87. The Morgan fingerprint density at radius 1 is 1.40 bits per heavy atom. The average molecular weight is 289 g/mol. The summed E-state index contributed by atoms with van der Waals surface area (Å²) in [5.74, 6) is 5.19. The number of imidazole rings is 1. The molecular formula is C11H11N7OS. The molecule has 3 aromatic rings. The van der Waals surface area contributed by atoms with Crippen LogP contribution >= 0.6 is 11.3 Å². The van der Waals surface area contributed by atoms with E-state index in [0.717, 1.165) is 5.56 Å². The molecule has 0 radical (unpaired) electrons. The SMILES string of the molecule is NNC(=O)c1sccc1Cn1cnc2c(N)ncnc21. The maximum atomic E-state index is 11.6. The third-order valence-electron chi connectivity index (χ3n) is 2.85. The molecule has 0 spiro atoms. The molecule has 1 amide bonds. The second-order valence-corrected chi connectivity index (χ2v) is 4.97. The fraction of sp³-hybridized carbons (Fsp3) is 0.0909. The second-order valence-electron chi connectivity index (χ2n) is 4.05. The van der Waals surface area contributed by atoms with Crippen molar-refractivity contribution in [3.8, 4) is 0 Å². The standard InChI is InChI=1S/C11H11N7OS/c12-9-7-10(15-4-14-9)18(5-16-7)3-6-1-2-20-8(6)11(19)17-13/h1-2,4-5H,3,13H2,(H,17,19)(H2,12,14,15). The van der Waals surface area contributed by atoms with E-state index in [2.05, 4.69) is 20.4 Å². The van der Waals surface area contributed by atoms with Crippen LogP contribution in [0, 0.1) is 0 Å². The Labute approximate surface area is 117 Å². The number of nitrogen functional groups attached to an aromatic ring is 2. The number of aromatic nitrogens is 4. The van der Waals surface area contributed by atoms with Crippen LogP contribution < -0.4 is 17.0 Å². The Balaban J connectivity index is 2.00. The normalized spacial score (nSPS) is 10.8. The summed E-state index contributed by atoms with van der Waals surface area (Å²) in [5.41, 5.74) is 9.89. The summed E-state index contributed by atoms with van der Waals surface area (Å²) >= 11 is 1.33. The molecule has 0 aliphatic heterocycles. The van der Waals surface area contributed by atoms with Crippen LogP contribution in [-0.4, -0.2) is 25.4 Å². The smallest absolute Gasteiger partial charge is 0.275 e. The van der Waals surface area contributed by atoms with Gasteiger partial charge in [0.2, 0.25) is 0 Å². The molecule has 9 heteroatoms. The third-order valence-corrected chi connectivity index (χ3v) is 3.81. The number of carbonyl (C=O) groups excluding carboxylic acids is 1. The van der Waals surface area contributed by atoms with Crippen molar-refractivity contribution >= 4 is 34.2 Å². The first kappa shape index (κ1) is 12.5. The van der Waals surface area contributed by atoms with E-state index < -0.39 is 0 Å². The first-order valence-electron chi connectivity index (χ1n) is 5.69. The highest BCUT2D eigenvalue weighted by Crippen LogP contribution is 2.20. The van der Waals surface area contributed by atoms with Crippen molar-refractivity contribution in [3.05, 3.63) is 34.5 Å². The fourth-order valence-electron chi connectivity index (χ4n) is 1.92. The minimum absolute atomic E-state index is 0.312. The van der Waals surface area contributed by atoms with Crippen molar-refractivity contribution in [2.45, 2.75) is 6.54 Å². The quantitative estimate of drug-likeness (QED) is 0.357.